The molecule has 1 unspecified atom stereocenters. The smallest absolute Gasteiger partial charge is 0.121 e. The SMILES string of the molecule is Cc1cccc(NC(C)O)c1. The molecule has 0 fully saturated rings. The lowest BCUT2D eigenvalue weighted by atomic mass is 10.2. The predicted octanol–water partition coefficient (Wildman–Crippen LogP) is 1.75. The van der Waals surface area contributed by atoms with Gasteiger partial charge in [-0.2, -0.15) is 0 Å². The van der Waals surface area contributed by atoms with Gasteiger partial charge in [0.05, 0.1) is 0 Å². The largest absolute Gasteiger partial charge is 0.374 e. The Labute approximate surface area is 66.9 Å². The van der Waals surface area contributed by atoms with Gasteiger partial charge in [-0.25, -0.2) is 0 Å². The van der Waals surface area contributed by atoms with Crippen LogP contribution in [0.15, 0.2) is 24.3 Å². The van der Waals surface area contributed by atoms with E-state index in [0.29, 0.717) is 0 Å². The summed E-state index contributed by atoms with van der Waals surface area (Å²) in [5.74, 6) is 0. The molecule has 0 aliphatic rings. The van der Waals surface area contributed by atoms with E-state index in [2.05, 4.69) is 5.32 Å². The van der Waals surface area contributed by atoms with E-state index in [1.165, 1.54) is 5.56 Å². The first-order valence-electron chi connectivity index (χ1n) is 3.70. The number of hydrogen-bond acceptors (Lipinski definition) is 2. The summed E-state index contributed by atoms with van der Waals surface area (Å²) in [5, 5.41) is 11.9. The van der Waals surface area contributed by atoms with Gasteiger partial charge in [0.25, 0.3) is 0 Å². The highest BCUT2D eigenvalue weighted by Crippen LogP contribution is 2.09. The van der Waals surface area contributed by atoms with Gasteiger partial charge in [-0.05, 0) is 31.5 Å². The van der Waals surface area contributed by atoms with E-state index in [9.17, 15) is 0 Å². The average molecular weight is 151 g/mol. The van der Waals surface area contributed by atoms with Gasteiger partial charge in [-0.1, -0.05) is 12.1 Å². The van der Waals surface area contributed by atoms with Crippen LogP contribution in [0.3, 0.4) is 0 Å². The van der Waals surface area contributed by atoms with Crippen LogP contribution in [0.1, 0.15) is 12.5 Å². The number of nitrogens with one attached hydrogen (secondary N) is 1. The van der Waals surface area contributed by atoms with Crippen molar-refractivity contribution < 1.29 is 5.11 Å². The summed E-state index contributed by atoms with van der Waals surface area (Å²) in [6.07, 6.45) is -0.489. The van der Waals surface area contributed by atoms with Crippen molar-refractivity contribution in [2.75, 3.05) is 5.32 Å². The van der Waals surface area contributed by atoms with Crippen molar-refractivity contribution in [3.05, 3.63) is 29.8 Å². The fraction of sp³-hybridized carbons (Fsp3) is 0.333. The number of benzene rings is 1. The zero-order chi connectivity index (χ0) is 8.27. The van der Waals surface area contributed by atoms with E-state index < -0.39 is 6.23 Å². The van der Waals surface area contributed by atoms with Crippen molar-refractivity contribution >= 4 is 5.69 Å². The van der Waals surface area contributed by atoms with Crippen LogP contribution in [-0.2, 0) is 0 Å². The van der Waals surface area contributed by atoms with Crippen LogP contribution in [0.4, 0.5) is 5.69 Å². The van der Waals surface area contributed by atoms with E-state index in [1.807, 2.05) is 31.2 Å². The third-order valence-electron chi connectivity index (χ3n) is 1.39. The highest BCUT2D eigenvalue weighted by molar-refractivity contribution is 5.45. The van der Waals surface area contributed by atoms with Gasteiger partial charge in [-0.3, -0.25) is 0 Å². The molecule has 0 aliphatic carbocycles. The molecule has 2 heteroatoms. The summed E-state index contributed by atoms with van der Waals surface area (Å²) in [6, 6.07) is 7.90. The molecular weight excluding hydrogens is 138 g/mol. The minimum absolute atomic E-state index is 0.489. The lowest BCUT2D eigenvalue weighted by molar-refractivity contribution is 0.224. The Balaban J connectivity index is 2.71. The molecule has 0 aliphatic heterocycles. The van der Waals surface area contributed by atoms with Crippen molar-refractivity contribution in [2.45, 2.75) is 20.1 Å². The molecule has 0 spiro atoms. The second kappa shape index (κ2) is 3.39. The fourth-order valence-electron chi connectivity index (χ4n) is 0.976. The summed E-state index contributed by atoms with van der Waals surface area (Å²) in [6.45, 7) is 3.72. The Kier molecular flexibility index (Phi) is 2.49. The molecule has 0 saturated carbocycles. The summed E-state index contributed by atoms with van der Waals surface area (Å²) in [5.41, 5.74) is 2.15. The highest BCUT2D eigenvalue weighted by atomic mass is 16.3. The molecule has 60 valence electrons. The van der Waals surface area contributed by atoms with E-state index in [0.717, 1.165) is 5.69 Å². The minimum Gasteiger partial charge on any atom is -0.374 e. The molecule has 0 heterocycles. The summed E-state index contributed by atoms with van der Waals surface area (Å²) in [4.78, 5) is 0. The topological polar surface area (TPSA) is 32.3 Å². The average Bonchev–Trinajstić information content (AvgIpc) is 1.85. The Morgan fingerprint density at radius 3 is 2.73 bits per heavy atom. The Hall–Kier alpha value is -1.02. The van der Waals surface area contributed by atoms with Crippen LogP contribution >= 0.6 is 0 Å². The molecule has 2 nitrogen and oxygen atoms in total. The molecule has 0 amide bonds. The van der Waals surface area contributed by atoms with Gasteiger partial charge in [-0.15, -0.1) is 0 Å². The first kappa shape index (κ1) is 8.08. The first-order chi connectivity index (χ1) is 5.18. The van der Waals surface area contributed by atoms with E-state index in [1.54, 1.807) is 6.92 Å². The number of aryl methyl sites for hydroxylation is 1. The lowest BCUT2D eigenvalue weighted by Crippen LogP contribution is -2.12. The minimum atomic E-state index is -0.489. The molecule has 1 rings (SSSR count). The van der Waals surface area contributed by atoms with Crippen LogP contribution in [0.2, 0.25) is 0 Å². The third kappa shape index (κ3) is 2.60. The van der Waals surface area contributed by atoms with Gasteiger partial charge in [0, 0.05) is 5.69 Å². The Morgan fingerprint density at radius 2 is 2.18 bits per heavy atom. The zero-order valence-corrected chi connectivity index (χ0v) is 6.83. The molecule has 0 saturated heterocycles. The molecule has 0 radical (unpaired) electrons. The second-order valence-corrected chi connectivity index (χ2v) is 2.69. The number of aliphatic hydroxyl groups is 1. The van der Waals surface area contributed by atoms with Crippen molar-refractivity contribution in [2.24, 2.45) is 0 Å². The maximum Gasteiger partial charge on any atom is 0.121 e. The number of aliphatic hydroxyl groups excluding tert-OH is 1. The zero-order valence-electron chi connectivity index (χ0n) is 6.83. The fourth-order valence-corrected chi connectivity index (χ4v) is 0.976. The van der Waals surface area contributed by atoms with Crippen molar-refractivity contribution in [3.63, 3.8) is 0 Å². The molecule has 11 heavy (non-hydrogen) atoms. The van der Waals surface area contributed by atoms with Gasteiger partial charge in [0.2, 0.25) is 0 Å². The van der Waals surface area contributed by atoms with Gasteiger partial charge in [0.1, 0.15) is 6.23 Å². The highest BCUT2D eigenvalue weighted by Gasteiger charge is 1.94. The van der Waals surface area contributed by atoms with Gasteiger partial charge >= 0.3 is 0 Å². The van der Waals surface area contributed by atoms with Crippen LogP contribution in [0.25, 0.3) is 0 Å². The van der Waals surface area contributed by atoms with Crippen molar-refractivity contribution in [1.82, 2.24) is 0 Å². The monoisotopic (exact) mass is 151 g/mol. The maximum atomic E-state index is 8.99. The number of anilines is 1. The molecule has 0 aromatic heterocycles. The van der Waals surface area contributed by atoms with Crippen LogP contribution in [0, 0.1) is 6.92 Å². The molecular formula is C9H13NO. The van der Waals surface area contributed by atoms with Crippen LogP contribution < -0.4 is 5.32 Å². The van der Waals surface area contributed by atoms with Crippen LogP contribution in [-0.4, -0.2) is 11.3 Å². The van der Waals surface area contributed by atoms with Gasteiger partial charge < -0.3 is 10.4 Å². The molecule has 1 atom stereocenters. The third-order valence-corrected chi connectivity index (χ3v) is 1.39. The Bertz CT molecular complexity index is 233. The van der Waals surface area contributed by atoms with Crippen molar-refractivity contribution in [1.29, 1.82) is 0 Å². The summed E-state index contributed by atoms with van der Waals surface area (Å²) < 4.78 is 0. The molecule has 1 aromatic carbocycles. The van der Waals surface area contributed by atoms with E-state index >= 15 is 0 Å². The van der Waals surface area contributed by atoms with Gasteiger partial charge in [0.15, 0.2) is 0 Å². The summed E-state index contributed by atoms with van der Waals surface area (Å²) in [7, 11) is 0. The maximum absolute atomic E-state index is 8.99. The number of rotatable bonds is 2. The normalized spacial score (nSPS) is 12.6. The number of hydrogen-bond donors (Lipinski definition) is 2. The van der Waals surface area contributed by atoms with E-state index in [-0.39, 0.29) is 0 Å². The molecule has 1 aromatic rings. The van der Waals surface area contributed by atoms with Crippen molar-refractivity contribution in [3.8, 4) is 0 Å². The molecule has 0 bridgehead atoms. The van der Waals surface area contributed by atoms with Crippen LogP contribution in [0.5, 0.6) is 0 Å². The first-order valence-corrected chi connectivity index (χ1v) is 3.70. The second-order valence-electron chi connectivity index (χ2n) is 2.69. The van der Waals surface area contributed by atoms with E-state index in [4.69, 9.17) is 5.11 Å². The molecule has 2 N–H and O–H groups in total. The Morgan fingerprint density at radius 1 is 1.45 bits per heavy atom. The quantitative estimate of drug-likeness (QED) is 0.631. The standard InChI is InChI=1S/C9H13NO/c1-7-4-3-5-9(6-7)10-8(2)11/h3-6,8,10-11H,1-2H3. The predicted molar refractivity (Wildman–Crippen MR) is 46.5 cm³/mol. The summed E-state index contributed by atoms with van der Waals surface area (Å²) >= 11 is 0. The lowest BCUT2D eigenvalue weighted by Gasteiger charge is -2.08.